The average molecular weight is 551 g/mol. The van der Waals surface area contributed by atoms with Crippen LogP contribution in [0.4, 0.5) is 5.69 Å². The summed E-state index contributed by atoms with van der Waals surface area (Å²) in [6, 6.07) is 10.6. The molecule has 0 aliphatic rings. The number of benzene rings is 2. The van der Waals surface area contributed by atoms with Crippen molar-refractivity contribution < 1.29 is 18.0 Å². The van der Waals surface area contributed by atoms with E-state index in [0.29, 0.717) is 21.3 Å². The summed E-state index contributed by atoms with van der Waals surface area (Å²) in [7, 11) is -2.30. The number of carbonyl (C=O) groups excluding carboxylic acids is 2. The molecule has 0 unspecified atom stereocenters. The van der Waals surface area contributed by atoms with E-state index in [1.165, 1.54) is 11.9 Å². The monoisotopic (exact) mass is 549 g/mol. The van der Waals surface area contributed by atoms with Crippen molar-refractivity contribution in [2.45, 2.75) is 19.5 Å². The zero-order chi connectivity index (χ0) is 23.3. The molecule has 0 bridgehead atoms. The SMILES string of the molecule is CNC(=O)[C@H](C)N(Cc1ccc(Cl)c(Cl)c1)C(=O)CN(c1ccc(Br)cc1)S(C)(=O)=O. The van der Waals surface area contributed by atoms with E-state index >= 15 is 0 Å². The highest BCUT2D eigenvalue weighted by Gasteiger charge is 2.29. The number of amides is 2. The standard InChI is InChI=1S/C20H22BrCl2N3O4S/c1-13(20(28)24-2)25(11-14-4-9-17(22)18(23)10-14)19(27)12-26(31(3,29)30)16-7-5-15(21)6-8-16/h4-10,13H,11-12H2,1-3H3,(H,24,28)/t13-/m0/s1. The Labute approximate surface area is 200 Å². The number of hydrogen-bond acceptors (Lipinski definition) is 4. The molecule has 0 aliphatic carbocycles. The van der Waals surface area contributed by atoms with E-state index < -0.39 is 28.5 Å². The molecule has 0 saturated heterocycles. The fourth-order valence-corrected chi connectivity index (χ4v) is 4.28. The second-order valence-corrected chi connectivity index (χ2v) is 10.4. The van der Waals surface area contributed by atoms with Gasteiger partial charge in [-0.1, -0.05) is 45.2 Å². The van der Waals surface area contributed by atoms with Crippen LogP contribution in [0.15, 0.2) is 46.9 Å². The van der Waals surface area contributed by atoms with Crippen molar-refractivity contribution in [3.05, 3.63) is 62.5 Å². The summed E-state index contributed by atoms with van der Waals surface area (Å²) >= 11 is 15.3. The Kier molecular flexibility index (Phi) is 8.76. The van der Waals surface area contributed by atoms with Crippen LogP contribution < -0.4 is 9.62 Å². The van der Waals surface area contributed by atoms with Gasteiger partial charge in [0, 0.05) is 18.1 Å². The maximum Gasteiger partial charge on any atom is 0.244 e. The molecule has 0 aromatic heterocycles. The van der Waals surface area contributed by atoms with Crippen LogP contribution in [0, 0.1) is 0 Å². The number of nitrogens with one attached hydrogen (secondary N) is 1. The van der Waals surface area contributed by atoms with Crippen molar-refractivity contribution in [3.63, 3.8) is 0 Å². The molecular weight excluding hydrogens is 529 g/mol. The van der Waals surface area contributed by atoms with Gasteiger partial charge in [-0.2, -0.15) is 0 Å². The third kappa shape index (κ3) is 6.83. The second-order valence-electron chi connectivity index (χ2n) is 6.81. The number of sulfonamides is 1. The summed E-state index contributed by atoms with van der Waals surface area (Å²) in [5.74, 6) is -0.932. The number of likely N-dealkylation sites (N-methyl/N-ethyl adjacent to an activating group) is 1. The van der Waals surface area contributed by atoms with Crippen LogP contribution in [0.2, 0.25) is 10.0 Å². The molecule has 1 N–H and O–H groups in total. The zero-order valence-electron chi connectivity index (χ0n) is 17.1. The van der Waals surface area contributed by atoms with Gasteiger partial charge >= 0.3 is 0 Å². The van der Waals surface area contributed by atoms with E-state index in [1.54, 1.807) is 49.4 Å². The minimum absolute atomic E-state index is 0.0439. The van der Waals surface area contributed by atoms with Gasteiger partial charge in [0.15, 0.2) is 0 Å². The van der Waals surface area contributed by atoms with Crippen LogP contribution >= 0.6 is 39.1 Å². The van der Waals surface area contributed by atoms with Gasteiger partial charge in [-0.15, -0.1) is 0 Å². The molecular formula is C20H22BrCl2N3O4S. The molecule has 31 heavy (non-hydrogen) atoms. The van der Waals surface area contributed by atoms with Crippen LogP contribution in [0.3, 0.4) is 0 Å². The lowest BCUT2D eigenvalue weighted by atomic mass is 10.1. The molecule has 2 amide bonds. The lowest BCUT2D eigenvalue weighted by Gasteiger charge is -2.31. The van der Waals surface area contributed by atoms with Crippen LogP contribution in [0.1, 0.15) is 12.5 Å². The number of halogens is 3. The minimum atomic E-state index is -3.76. The Balaban J connectivity index is 2.38. The van der Waals surface area contributed by atoms with Crippen molar-refractivity contribution in [3.8, 4) is 0 Å². The topological polar surface area (TPSA) is 86.8 Å². The highest BCUT2D eigenvalue weighted by atomic mass is 79.9. The first kappa shape index (κ1) is 25.5. The molecule has 0 spiro atoms. The normalized spacial score (nSPS) is 12.2. The summed E-state index contributed by atoms with van der Waals surface area (Å²) < 4.78 is 26.6. The summed E-state index contributed by atoms with van der Waals surface area (Å²) in [6.45, 7) is 1.14. The first-order chi connectivity index (χ1) is 14.4. The molecule has 0 heterocycles. The molecule has 168 valence electrons. The number of nitrogens with zero attached hydrogens (tertiary/aromatic N) is 2. The Morgan fingerprint density at radius 1 is 1.10 bits per heavy atom. The van der Waals surface area contributed by atoms with Gasteiger partial charge in [-0.3, -0.25) is 13.9 Å². The van der Waals surface area contributed by atoms with Crippen molar-refractivity contribution >= 4 is 66.7 Å². The summed E-state index contributed by atoms with van der Waals surface area (Å²) in [5, 5.41) is 3.18. The number of carbonyl (C=O) groups is 2. The van der Waals surface area contributed by atoms with Crippen LogP contribution in [0.5, 0.6) is 0 Å². The Morgan fingerprint density at radius 2 is 1.71 bits per heavy atom. The molecule has 2 aromatic carbocycles. The smallest absolute Gasteiger partial charge is 0.244 e. The van der Waals surface area contributed by atoms with Crippen LogP contribution in [0.25, 0.3) is 0 Å². The van der Waals surface area contributed by atoms with E-state index in [1.807, 2.05) is 0 Å². The molecule has 2 aromatic rings. The minimum Gasteiger partial charge on any atom is -0.357 e. The van der Waals surface area contributed by atoms with Gasteiger partial charge in [0.2, 0.25) is 21.8 Å². The fraction of sp³-hybridized carbons (Fsp3) is 0.300. The maximum atomic E-state index is 13.2. The van der Waals surface area contributed by atoms with E-state index in [2.05, 4.69) is 21.2 Å². The predicted octanol–water partition coefficient (Wildman–Crippen LogP) is 3.69. The summed E-state index contributed by atoms with van der Waals surface area (Å²) in [5.41, 5.74) is 0.981. The van der Waals surface area contributed by atoms with Gasteiger partial charge in [0.25, 0.3) is 0 Å². The van der Waals surface area contributed by atoms with Gasteiger partial charge in [-0.25, -0.2) is 8.42 Å². The zero-order valence-corrected chi connectivity index (χ0v) is 21.0. The molecule has 0 radical (unpaired) electrons. The number of anilines is 1. The van der Waals surface area contributed by atoms with Crippen molar-refractivity contribution in [2.75, 3.05) is 24.2 Å². The second kappa shape index (κ2) is 10.7. The van der Waals surface area contributed by atoms with Crippen LogP contribution in [-0.2, 0) is 26.2 Å². The van der Waals surface area contributed by atoms with Gasteiger partial charge in [0.05, 0.1) is 22.0 Å². The first-order valence-corrected chi connectivity index (χ1v) is 12.5. The predicted molar refractivity (Wildman–Crippen MR) is 127 cm³/mol. The lowest BCUT2D eigenvalue weighted by molar-refractivity contribution is -0.139. The third-order valence-corrected chi connectivity index (χ3v) is 6.95. The molecule has 2 rings (SSSR count). The van der Waals surface area contributed by atoms with Crippen molar-refractivity contribution in [1.29, 1.82) is 0 Å². The van der Waals surface area contributed by atoms with E-state index in [0.717, 1.165) is 15.0 Å². The Hall–Kier alpha value is -1.81. The quantitative estimate of drug-likeness (QED) is 0.543. The first-order valence-electron chi connectivity index (χ1n) is 9.12. The number of hydrogen-bond donors (Lipinski definition) is 1. The Bertz CT molecular complexity index is 1060. The molecule has 0 aliphatic heterocycles. The van der Waals surface area contributed by atoms with Gasteiger partial charge < -0.3 is 10.2 Å². The van der Waals surface area contributed by atoms with Crippen molar-refractivity contribution in [1.82, 2.24) is 10.2 Å². The average Bonchev–Trinajstić information content (AvgIpc) is 2.71. The highest BCUT2D eigenvalue weighted by Crippen LogP contribution is 2.25. The molecule has 0 fully saturated rings. The molecule has 0 saturated carbocycles. The molecule has 1 atom stereocenters. The van der Waals surface area contributed by atoms with E-state index in [4.69, 9.17) is 23.2 Å². The fourth-order valence-electron chi connectivity index (χ4n) is 2.85. The van der Waals surface area contributed by atoms with Crippen molar-refractivity contribution in [2.24, 2.45) is 0 Å². The number of rotatable bonds is 8. The molecule has 11 heteroatoms. The summed E-state index contributed by atoms with van der Waals surface area (Å²) in [6.07, 6.45) is 1.02. The van der Waals surface area contributed by atoms with Crippen LogP contribution in [-0.4, -0.2) is 51.0 Å². The summed E-state index contributed by atoms with van der Waals surface area (Å²) in [4.78, 5) is 26.8. The molecule has 7 nitrogen and oxygen atoms in total. The lowest BCUT2D eigenvalue weighted by Crippen LogP contribution is -2.50. The maximum absolute atomic E-state index is 13.2. The highest BCUT2D eigenvalue weighted by molar-refractivity contribution is 9.10. The third-order valence-electron chi connectivity index (χ3n) is 4.54. The van der Waals surface area contributed by atoms with Gasteiger partial charge in [0.1, 0.15) is 12.6 Å². The van der Waals surface area contributed by atoms with E-state index in [9.17, 15) is 18.0 Å². The van der Waals surface area contributed by atoms with E-state index in [-0.39, 0.29) is 12.5 Å². The Morgan fingerprint density at radius 3 is 2.23 bits per heavy atom. The van der Waals surface area contributed by atoms with Gasteiger partial charge in [-0.05, 0) is 48.9 Å². The largest absolute Gasteiger partial charge is 0.357 e.